The van der Waals surface area contributed by atoms with Crippen molar-refractivity contribution >= 4 is 28.5 Å². The molecule has 3 aromatic rings. The maximum atomic E-state index is 13.0. The molecule has 2 aromatic carbocycles. The summed E-state index contributed by atoms with van der Waals surface area (Å²) in [5.74, 6) is -0.590. The molecule has 1 fully saturated rings. The van der Waals surface area contributed by atoms with Crippen molar-refractivity contribution in [1.82, 2.24) is 9.47 Å². The van der Waals surface area contributed by atoms with E-state index < -0.39 is 17.7 Å². The van der Waals surface area contributed by atoms with Gasteiger partial charge in [0.2, 0.25) is 5.91 Å². The van der Waals surface area contributed by atoms with E-state index in [2.05, 4.69) is 0 Å². The lowest BCUT2D eigenvalue weighted by atomic mass is 10.1. The number of rotatable bonds is 4. The number of halogens is 3. The summed E-state index contributed by atoms with van der Waals surface area (Å²) in [6.07, 6.45) is -2.77. The fraction of sp³-hybridized carbons (Fsp3) is 0.304. The molecule has 1 aliphatic heterocycles. The number of benzene rings is 2. The zero-order chi connectivity index (χ0) is 22.9. The van der Waals surface area contributed by atoms with E-state index in [4.69, 9.17) is 4.74 Å². The third-order valence-corrected chi connectivity index (χ3v) is 5.67. The highest BCUT2D eigenvalue weighted by molar-refractivity contribution is 6.04. The number of esters is 1. The largest absolute Gasteiger partial charge is 0.465 e. The summed E-state index contributed by atoms with van der Waals surface area (Å²) in [5, 5.41) is 0.710. The molecule has 0 aliphatic carbocycles. The van der Waals surface area contributed by atoms with Crippen molar-refractivity contribution in [2.24, 2.45) is 0 Å². The lowest BCUT2D eigenvalue weighted by Crippen LogP contribution is -2.49. The number of hydrogen-bond acceptors (Lipinski definition) is 4. The van der Waals surface area contributed by atoms with Crippen molar-refractivity contribution in [2.75, 3.05) is 38.2 Å². The number of nitrogens with zero attached hydrogens (tertiary/aromatic N) is 3. The van der Waals surface area contributed by atoms with Gasteiger partial charge >= 0.3 is 12.1 Å². The molecule has 0 spiro atoms. The summed E-state index contributed by atoms with van der Waals surface area (Å²) >= 11 is 0. The number of hydrogen-bond donors (Lipinski definition) is 0. The normalized spacial score (nSPS) is 14.6. The van der Waals surface area contributed by atoms with Crippen molar-refractivity contribution in [3.8, 4) is 0 Å². The third kappa shape index (κ3) is 4.28. The Bertz CT molecular complexity index is 1150. The highest BCUT2D eigenvalue weighted by Crippen LogP contribution is 2.32. The van der Waals surface area contributed by atoms with Crippen LogP contribution in [0, 0.1) is 0 Å². The van der Waals surface area contributed by atoms with Gasteiger partial charge in [0.25, 0.3) is 0 Å². The van der Waals surface area contributed by atoms with Crippen molar-refractivity contribution in [3.05, 3.63) is 65.9 Å². The number of ether oxygens (including phenoxy) is 1. The van der Waals surface area contributed by atoms with E-state index in [0.29, 0.717) is 42.8 Å². The second-order valence-corrected chi connectivity index (χ2v) is 7.60. The van der Waals surface area contributed by atoms with Crippen LogP contribution < -0.4 is 4.90 Å². The molecular formula is C23H22F3N3O3. The maximum absolute atomic E-state index is 13.0. The molecule has 0 saturated carbocycles. The smallest absolute Gasteiger partial charge is 0.416 e. The zero-order valence-corrected chi connectivity index (χ0v) is 17.4. The first-order valence-electron chi connectivity index (χ1n) is 10.1. The zero-order valence-electron chi connectivity index (χ0n) is 17.4. The number of fused-ring (bicyclic) bond motifs is 1. The van der Waals surface area contributed by atoms with Crippen LogP contribution in [0.3, 0.4) is 0 Å². The summed E-state index contributed by atoms with van der Waals surface area (Å²) in [5.41, 5.74) is 0.953. The van der Waals surface area contributed by atoms with Gasteiger partial charge in [0.1, 0.15) is 6.54 Å². The van der Waals surface area contributed by atoms with Gasteiger partial charge < -0.3 is 19.1 Å². The molecule has 0 N–H and O–H groups in total. The van der Waals surface area contributed by atoms with Crippen LogP contribution in [0.1, 0.15) is 15.9 Å². The summed E-state index contributed by atoms with van der Waals surface area (Å²) in [7, 11) is 1.31. The monoisotopic (exact) mass is 445 g/mol. The minimum Gasteiger partial charge on any atom is -0.465 e. The first kappa shape index (κ1) is 21.7. The van der Waals surface area contributed by atoms with E-state index in [-0.39, 0.29) is 12.5 Å². The summed E-state index contributed by atoms with van der Waals surface area (Å²) in [6, 6.07) is 12.5. The maximum Gasteiger partial charge on any atom is 0.416 e. The molecule has 168 valence electrons. The second-order valence-electron chi connectivity index (χ2n) is 7.60. The van der Waals surface area contributed by atoms with Gasteiger partial charge in [-0.25, -0.2) is 4.79 Å². The molecule has 1 aliphatic rings. The lowest BCUT2D eigenvalue weighted by molar-refractivity contribution is -0.137. The molecule has 9 heteroatoms. The molecule has 0 unspecified atom stereocenters. The van der Waals surface area contributed by atoms with Crippen LogP contribution in [0.25, 0.3) is 10.9 Å². The number of piperazine rings is 1. The predicted molar refractivity (Wildman–Crippen MR) is 114 cm³/mol. The first-order chi connectivity index (χ1) is 15.3. The van der Waals surface area contributed by atoms with Crippen LogP contribution in [0.15, 0.2) is 54.7 Å². The average molecular weight is 445 g/mol. The van der Waals surface area contributed by atoms with Gasteiger partial charge in [0.05, 0.1) is 18.2 Å². The Morgan fingerprint density at radius 1 is 1.00 bits per heavy atom. The third-order valence-electron chi connectivity index (χ3n) is 5.67. The summed E-state index contributed by atoms with van der Waals surface area (Å²) in [4.78, 5) is 28.5. The Labute approximate surface area is 182 Å². The van der Waals surface area contributed by atoms with Gasteiger partial charge in [-0.1, -0.05) is 24.3 Å². The SMILES string of the molecule is COC(=O)c1cn(CC(=O)N2CCN(c3cccc(C(F)(F)F)c3)CC2)c2ccccc12. The number of anilines is 1. The molecule has 0 atom stereocenters. The van der Waals surface area contributed by atoms with Gasteiger partial charge in [-0.3, -0.25) is 4.79 Å². The summed E-state index contributed by atoms with van der Waals surface area (Å²) in [6.45, 7) is 1.73. The first-order valence-corrected chi connectivity index (χ1v) is 10.1. The van der Waals surface area contributed by atoms with Gasteiger partial charge in [0, 0.05) is 49.0 Å². The van der Waals surface area contributed by atoms with Crippen molar-refractivity contribution < 1.29 is 27.5 Å². The van der Waals surface area contributed by atoms with Gasteiger partial charge in [-0.15, -0.1) is 0 Å². The molecule has 1 aromatic heterocycles. The Morgan fingerprint density at radius 2 is 1.72 bits per heavy atom. The van der Waals surface area contributed by atoms with Crippen LogP contribution in [0.4, 0.5) is 18.9 Å². The quantitative estimate of drug-likeness (QED) is 0.574. The average Bonchev–Trinajstić information content (AvgIpc) is 3.16. The number of alkyl halides is 3. The molecule has 6 nitrogen and oxygen atoms in total. The molecule has 1 saturated heterocycles. The van der Waals surface area contributed by atoms with E-state index >= 15 is 0 Å². The van der Waals surface area contributed by atoms with Crippen LogP contribution in [-0.2, 0) is 22.3 Å². The molecule has 4 rings (SSSR count). The number of methoxy groups -OCH3 is 1. The molecule has 0 radical (unpaired) electrons. The second kappa shape index (κ2) is 8.57. The lowest BCUT2D eigenvalue weighted by Gasteiger charge is -2.36. The number of amides is 1. The summed E-state index contributed by atoms with van der Waals surface area (Å²) < 4.78 is 45.5. The van der Waals surface area contributed by atoms with E-state index in [1.165, 1.54) is 13.2 Å². The van der Waals surface area contributed by atoms with Gasteiger partial charge in [-0.2, -0.15) is 13.2 Å². The molecular weight excluding hydrogens is 423 g/mol. The highest BCUT2D eigenvalue weighted by Gasteiger charge is 2.31. The molecule has 1 amide bonds. The molecule has 2 heterocycles. The number of carbonyl (C=O) groups excluding carboxylic acids is 2. The van der Waals surface area contributed by atoms with Crippen LogP contribution in [0.5, 0.6) is 0 Å². The number of carbonyl (C=O) groups is 2. The molecule has 32 heavy (non-hydrogen) atoms. The standard InChI is InChI=1S/C23H22F3N3O3/c1-32-22(31)19-14-29(20-8-3-2-7-18(19)20)15-21(30)28-11-9-27(10-12-28)17-6-4-5-16(13-17)23(24,25)26/h2-8,13-14H,9-12,15H2,1H3. The Morgan fingerprint density at radius 3 is 2.41 bits per heavy atom. The predicted octanol–water partition coefficient (Wildman–Crippen LogP) is 3.80. The minimum atomic E-state index is -4.39. The Hall–Kier alpha value is -3.49. The van der Waals surface area contributed by atoms with Gasteiger partial charge in [-0.05, 0) is 24.3 Å². The van der Waals surface area contributed by atoms with Crippen LogP contribution in [-0.4, -0.2) is 54.6 Å². The molecule has 0 bridgehead atoms. The fourth-order valence-corrected chi connectivity index (χ4v) is 3.99. The highest BCUT2D eigenvalue weighted by atomic mass is 19.4. The Balaban J connectivity index is 1.44. The number of aromatic nitrogens is 1. The van der Waals surface area contributed by atoms with E-state index in [1.807, 2.05) is 23.1 Å². The van der Waals surface area contributed by atoms with E-state index in [9.17, 15) is 22.8 Å². The van der Waals surface area contributed by atoms with Gasteiger partial charge in [0.15, 0.2) is 0 Å². The number of para-hydroxylation sites is 1. The fourth-order valence-electron chi connectivity index (χ4n) is 3.99. The topological polar surface area (TPSA) is 54.8 Å². The van der Waals surface area contributed by atoms with E-state index in [0.717, 1.165) is 17.6 Å². The van der Waals surface area contributed by atoms with Crippen LogP contribution >= 0.6 is 0 Å². The van der Waals surface area contributed by atoms with Crippen molar-refractivity contribution in [3.63, 3.8) is 0 Å². The minimum absolute atomic E-state index is 0.0566. The van der Waals surface area contributed by atoms with Crippen LogP contribution in [0.2, 0.25) is 0 Å². The van der Waals surface area contributed by atoms with Crippen molar-refractivity contribution in [1.29, 1.82) is 0 Å². The Kier molecular flexibility index (Phi) is 5.82. The van der Waals surface area contributed by atoms with E-state index in [1.54, 1.807) is 27.8 Å². The van der Waals surface area contributed by atoms with Crippen molar-refractivity contribution in [2.45, 2.75) is 12.7 Å².